The Morgan fingerprint density at radius 2 is 2.06 bits per heavy atom. The second kappa shape index (κ2) is 4.75. The smallest absolute Gasteiger partial charge is 0.0821 e. The Labute approximate surface area is 107 Å². The van der Waals surface area contributed by atoms with Crippen LogP contribution in [-0.4, -0.2) is 24.3 Å². The van der Waals surface area contributed by atoms with Gasteiger partial charge in [0.15, 0.2) is 0 Å². The molecule has 0 saturated heterocycles. The average Bonchev–Trinajstić information content (AvgIpc) is 2.64. The number of aliphatic hydroxyl groups is 1. The van der Waals surface area contributed by atoms with Crippen LogP contribution >= 0.6 is 11.6 Å². The van der Waals surface area contributed by atoms with Gasteiger partial charge in [-0.2, -0.15) is 0 Å². The highest BCUT2D eigenvalue weighted by molar-refractivity contribution is 6.33. The summed E-state index contributed by atoms with van der Waals surface area (Å²) in [7, 11) is 1.92. The van der Waals surface area contributed by atoms with Crippen molar-refractivity contribution < 1.29 is 5.11 Å². The fraction of sp³-hybridized carbons (Fsp3) is 0.538. The summed E-state index contributed by atoms with van der Waals surface area (Å²) < 4.78 is 0. The number of nitrogens with zero attached hydrogens (tertiary/aromatic N) is 1. The van der Waals surface area contributed by atoms with Gasteiger partial charge in [0.05, 0.1) is 22.0 Å². The van der Waals surface area contributed by atoms with E-state index in [2.05, 4.69) is 0 Å². The van der Waals surface area contributed by atoms with Crippen molar-refractivity contribution in [2.75, 3.05) is 24.2 Å². The van der Waals surface area contributed by atoms with Gasteiger partial charge >= 0.3 is 0 Å². The molecule has 1 aromatic rings. The van der Waals surface area contributed by atoms with E-state index in [1.54, 1.807) is 0 Å². The number of para-hydroxylation sites is 1. The Morgan fingerprint density at radius 3 is 2.65 bits per heavy atom. The maximum atomic E-state index is 10.4. The van der Waals surface area contributed by atoms with Gasteiger partial charge in [0.25, 0.3) is 0 Å². The molecule has 1 aliphatic rings. The van der Waals surface area contributed by atoms with Crippen LogP contribution in [0.15, 0.2) is 18.2 Å². The second-order valence-electron chi connectivity index (χ2n) is 4.97. The van der Waals surface area contributed by atoms with E-state index in [0.29, 0.717) is 17.3 Å². The molecular formula is C13H19ClN2O. The number of benzene rings is 1. The molecule has 0 aromatic heterocycles. The molecule has 0 bridgehead atoms. The number of nitrogen functional groups attached to an aromatic ring is 1. The van der Waals surface area contributed by atoms with Crippen LogP contribution in [-0.2, 0) is 0 Å². The van der Waals surface area contributed by atoms with Crippen LogP contribution in [0.4, 0.5) is 11.4 Å². The Bertz CT molecular complexity index is 382. The first kappa shape index (κ1) is 12.5. The quantitative estimate of drug-likeness (QED) is 0.816. The molecule has 94 valence electrons. The molecule has 0 aliphatic heterocycles. The zero-order valence-corrected chi connectivity index (χ0v) is 10.9. The lowest BCUT2D eigenvalue weighted by Crippen LogP contribution is -2.39. The highest BCUT2D eigenvalue weighted by Crippen LogP contribution is 2.35. The number of nitrogens with two attached hydrogens (primary N) is 1. The number of hydrogen-bond donors (Lipinski definition) is 2. The first-order valence-corrected chi connectivity index (χ1v) is 6.37. The highest BCUT2D eigenvalue weighted by Gasteiger charge is 2.32. The van der Waals surface area contributed by atoms with Gasteiger partial charge in [-0.25, -0.2) is 0 Å². The van der Waals surface area contributed by atoms with Gasteiger partial charge in [-0.3, -0.25) is 0 Å². The maximum absolute atomic E-state index is 10.4. The third-order valence-corrected chi connectivity index (χ3v) is 3.77. The lowest BCUT2D eigenvalue weighted by atomic mass is 10.0. The Hall–Kier alpha value is -0.930. The molecular weight excluding hydrogens is 236 g/mol. The van der Waals surface area contributed by atoms with Gasteiger partial charge in [0.2, 0.25) is 0 Å². The highest BCUT2D eigenvalue weighted by atomic mass is 35.5. The van der Waals surface area contributed by atoms with E-state index in [-0.39, 0.29) is 0 Å². The summed E-state index contributed by atoms with van der Waals surface area (Å²) >= 11 is 6.15. The van der Waals surface area contributed by atoms with Gasteiger partial charge in [-0.05, 0) is 25.0 Å². The largest absolute Gasteiger partial charge is 0.397 e. The molecule has 3 N–H and O–H groups in total. The van der Waals surface area contributed by atoms with Crippen molar-refractivity contribution in [3.63, 3.8) is 0 Å². The SMILES string of the molecule is CN(CC1(O)CCCC1)c1c(N)cccc1Cl. The van der Waals surface area contributed by atoms with Crippen molar-refractivity contribution >= 4 is 23.0 Å². The number of halogens is 1. The maximum Gasteiger partial charge on any atom is 0.0821 e. The normalized spacial score (nSPS) is 18.3. The molecule has 0 radical (unpaired) electrons. The summed E-state index contributed by atoms with van der Waals surface area (Å²) in [4.78, 5) is 1.96. The zero-order chi connectivity index (χ0) is 12.5. The van der Waals surface area contributed by atoms with Gasteiger partial charge < -0.3 is 15.7 Å². The molecule has 1 aliphatic carbocycles. The van der Waals surface area contributed by atoms with Gasteiger partial charge in [0, 0.05) is 13.6 Å². The summed E-state index contributed by atoms with van der Waals surface area (Å²) in [5.74, 6) is 0. The summed E-state index contributed by atoms with van der Waals surface area (Å²) in [5.41, 5.74) is 6.82. The van der Waals surface area contributed by atoms with Gasteiger partial charge in [-0.15, -0.1) is 0 Å². The minimum atomic E-state index is -0.583. The Morgan fingerprint density at radius 1 is 1.41 bits per heavy atom. The lowest BCUT2D eigenvalue weighted by molar-refractivity contribution is 0.0560. The van der Waals surface area contributed by atoms with Gasteiger partial charge in [-0.1, -0.05) is 30.5 Å². The van der Waals surface area contributed by atoms with Crippen LogP contribution in [0, 0.1) is 0 Å². The predicted molar refractivity (Wildman–Crippen MR) is 72.6 cm³/mol. The minimum absolute atomic E-state index is 0.583. The minimum Gasteiger partial charge on any atom is -0.397 e. The standard InChI is InChI=1S/C13H19ClN2O/c1-16(9-13(17)7-2-3-8-13)12-10(14)5-4-6-11(12)15/h4-6,17H,2-3,7-9,15H2,1H3. The fourth-order valence-electron chi connectivity index (χ4n) is 2.65. The van der Waals surface area contributed by atoms with E-state index in [9.17, 15) is 5.11 Å². The number of likely N-dealkylation sites (N-methyl/N-ethyl adjacent to an activating group) is 1. The number of hydrogen-bond acceptors (Lipinski definition) is 3. The summed E-state index contributed by atoms with van der Waals surface area (Å²) in [5, 5.41) is 11.0. The molecule has 0 amide bonds. The third-order valence-electron chi connectivity index (χ3n) is 3.47. The van der Waals surface area contributed by atoms with Crippen molar-refractivity contribution in [3.8, 4) is 0 Å². The van der Waals surface area contributed by atoms with Crippen molar-refractivity contribution in [1.82, 2.24) is 0 Å². The molecule has 17 heavy (non-hydrogen) atoms. The molecule has 1 saturated carbocycles. The summed E-state index contributed by atoms with van der Waals surface area (Å²) in [6.45, 7) is 0.584. The van der Waals surface area contributed by atoms with E-state index in [1.807, 2.05) is 30.1 Å². The van der Waals surface area contributed by atoms with Crippen LogP contribution in [0.25, 0.3) is 0 Å². The van der Waals surface area contributed by atoms with Crippen molar-refractivity contribution in [2.24, 2.45) is 0 Å². The third kappa shape index (κ3) is 2.67. The molecule has 3 nitrogen and oxygen atoms in total. The fourth-order valence-corrected chi connectivity index (χ4v) is 2.97. The van der Waals surface area contributed by atoms with Gasteiger partial charge in [0.1, 0.15) is 0 Å². The molecule has 0 heterocycles. The molecule has 0 unspecified atom stereocenters. The molecule has 2 rings (SSSR count). The van der Waals surface area contributed by atoms with Crippen LogP contribution in [0.3, 0.4) is 0 Å². The van der Waals surface area contributed by atoms with E-state index in [0.717, 1.165) is 31.4 Å². The number of anilines is 2. The van der Waals surface area contributed by atoms with Crippen LogP contribution < -0.4 is 10.6 Å². The van der Waals surface area contributed by atoms with Crippen LogP contribution in [0.2, 0.25) is 5.02 Å². The van der Waals surface area contributed by atoms with Crippen LogP contribution in [0.5, 0.6) is 0 Å². The van der Waals surface area contributed by atoms with Crippen molar-refractivity contribution in [2.45, 2.75) is 31.3 Å². The Balaban J connectivity index is 2.17. The van der Waals surface area contributed by atoms with Crippen LogP contribution in [0.1, 0.15) is 25.7 Å². The van der Waals surface area contributed by atoms with E-state index in [1.165, 1.54) is 0 Å². The number of rotatable bonds is 3. The predicted octanol–water partition coefficient (Wildman–Crippen LogP) is 2.66. The van der Waals surface area contributed by atoms with Crippen molar-refractivity contribution in [3.05, 3.63) is 23.2 Å². The first-order valence-electron chi connectivity index (χ1n) is 5.99. The summed E-state index contributed by atoms with van der Waals surface area (Å²) in [6, 6.07) is 5.48. The topological polar surface area (TPSA) is 49.5 Å². The molecule has 0 spiro atoms. The average molecular weight is 255 g/mol. The molecule has 1 fully saturated rings. The summed E-state index contributed by atoms with van der Waals surface area (Å²) in [6.07, 6.45) is 3.92. The van der Waals surface area contributed by atoms with E-state index < -0.39 is 5.60 Å². The van der Waals surface area contributed by atoms with E-state index in [4.69, 9.17) is 17.3 Å². The molecule has 1 aromatic carbocycles. The monoisotopic (exact) mass is 254 g/mol. The first-order chi connectivity index (χ1) is 8.02. The lowest BCUT2D eigenvalue weighted by Gasteiger charge is -2.31. The van der Waals surface area contributed by atoms with Crippen molar-refractivity contribution in [1.29, 1.82) is 0 Å². The molecule has 0 atom stereocenters. The second-order valence-corrected chi connectivity index (χ2v) is 5.37. The van der Waals surface area contributed by atoms with E-state index >= 15 is 0 Å². The Kier molecular flexibility index (Phi) is 3.50. The zero-order valence-electron chi connectivity index (χ0n) is 10.1. The molecule has 4 heteroatoms.